The third-order valence-corrected chi connectivity index (χ3v) is 3.46. The molecule has 112 valence electrons. The van der Waals surface area contributed by atoms with Crippen molar-refractivity contribution in [3.05, 3.63) is 60.3 Å². The fourth-order valence-electron chi connectivity index (χ4n) is 2.41. The maximum absolute atomic E-state index is 11.8. The summed E-state index contributed by atoms with van der Waals surface area (Å²) in [6.45, 7) is 0.534. The maximum atomic E-state index is 11.8. The van der Waals surface area contributed by atoms with Crippen molar-refractivity contribution in [3.8, 4) is 5.75 Å². The van der Waals surface area contributed by atoms with Crippen LogP contribution in [0.15, 0.2) is 54.7 Å². The molecule has 0 bridgehead atoms. The molecular formula is C17H17N3O2. The van der Waals surface area contributed by atoms with E-state index in [1.807, 2.05) is 24.4 Å². The SMILES string of the molecule is O=C(NCCc1c[nH]c2ccccc12)Nc1cccc(O)c1. The molecule has 3 aromatic rings. The summed E-state index contributed by atoms with van der Waals surface area (Å²) in [4.78, 5) is 15.0. The second-order valence-corrected chi connectivity index (χ2v) is 5.04. The number of H-pyrrole nitrogens is 1. The molecule has 0 saturated carbocycles. The van der Waals surface area contributed by atoms with Gasteiger partial charge in [0.15, 0.2) is 0 Å². The van der Waals surface area contributed by atoms with E-state index >= 15 is 0 Å². The summed E-state index contributed by atoms with van der Waals surface area (Å²) >= 11 is 0. The number of carbonyl (C=O) groups excluding carboxylic acids is 1. The number of hydrogen-bond donors (Lipinski definition) is 4. The van der Waals surface area contributed by atoms with E-state index in [4.69, 9.17) is 0 Å². The van der Waals surface area contributed by atoms with Crippen LogP contribution in [0.5, 0.6) is 5.75 Å². The van der Waals surface area contributed by atoms with Gasteiger partial charge in [0, 0.05) is 35.4 Å². The predicted molar refractivity (Wildman–Crippen MR) is 87.1 cm³/mol. The molecule has 0 fully saturated rings. The first-order valence-corrected chi connectivity index (χ1v) is 7.11. The van der Waals surface area contributed by atoms with E-state index in [1.54, 1.807) is 18.2 Å². The van der Waals surface area contributed by atoms with Gasteiger partial charge in [-0.2, -0.15) is 0 Å². The molecule has 0 aliphatic heterocycles. The Morgan fingerprint density at radius 2 is 2.00 bits per heavy atom. The zero-order chi connectivity index (χ0) is 15.4. The molecule has 0 spiro atoms. The van der Waals surface area contributed by atoms with Crippen molar-refractivity contribution >= 4 is 22.6 Å². The molecule has 0 saturated heterocycles. The van der Waals surface area contributed by atoms with Crippen LogP contribution in [0.4, 0.5) is 10.5 Å². The van der Waals surface area contributed by atoms with E-state index in [-0.39, 0.29) is 11.8 Å². The average Bonchev–Trinajstić information content (AvgIpc) is 2.91. The summed E-state index contributed by atoms with van der Waals surface area (Å²) in [5, 5.41) is 16.0. The van der Waals surface area contributed by atoms with Gasteiger partial charge < -0.3 is 20.7 Å². The van der Waals surface area contributed by atoms with Crippen LogP contribution in [0.3, 0.4) is 0 Å². The van der Waals surface area contributed by atoms with E-state index in [9.17, 15) is 9.90 Å². The van der Waals surface area contributed by atoms with Gasteiger partial charge in [0.2, 0.25) is 0 Å². The number of nitrogens with one attached hydrogen (secondary N) is 3. The zero-order valence-corrected chi connectivity index (χ0v) is 12.0. The lowest BCUT2D eigenvalue weighted by Crippen LogP contribution is -2.30. The first kappa shape index (κ1) is 14.0. The summed E-state index contributed by atoms with van der Waals surface area (Å²) < 4.78 is 0. The normalized spacial score (nSPS) is 10.5. The van der Waals surface area contributed by atoms with Crippen molar-refractivity contribution in [3.63, 3.8) is 0 Å². The molecule has 2 aromatic carbocycles. The number of hydrogen-bond acceptors (Lipinski definition) is 2. The van der Waals surface area contributed by atoms with Crippen LogP contribution in [-0.4, -0.2) is 22.7 Å². The first-order valence-electron chi connectivity index (χ1n) is 7.11. The van der Waals surface area contributed by atoms with Crippen LogP contribution in [0, 0.1) is 0 Å². The minimum Gasteiger partial charge on any atom is -0.508 e. The number of phenols is 1. The quantitative estimate of drug-likeness (QED) is 0.596. The van der Waals surface area contributed by atoms with Gasteiger partial charge in [-0.1, -0.05) is 24.3 Å². The maximum Gasteiger partial charge on any atom is 0.319 e. The summed E-state index contributed by atoms with van der Waals surface area (Å²) in [5.74, 6) is 0.122. The average molecular weight is 295 g/mol. The van der Waals surface area contributed by atoms with Gasteiger partial charge in [-0.15, -0.1) is 0 Å². The number of fused-ring (bicyclic) bond motifs is 1. The summed E-state index contributed by atoms with van der Waals surface area (Å²) in [5.41, 5.74) is 2.83. The highest BCUT2D eigenvalue weighted by Gasteiger charge is 2.05. The number of aromatic hydroxyl groups is 1. The van der Waals surface area contributed by atoms with Crippen LogP contribution in [0.1, 0.15) is 5.56 Å². The number of phenolic OH excluding ortho intramolecular Hbond substituents is 1. The number of benzene rings is 2. The lowest BCUT2D eigenvalue weighted by atomic mass is 10.1. The van der Waals surface area contributed by atoms with E-state index in [0.717, 1.165) is 11.9 Å². The number of urea groups is 1. The van der Waals surface area contributed by atoms with Crippen molar-refractivity contribution in [2.45, 2.75) is 6.42 Å². The van der Waals surface area contributed by atoms with Gasteiger partial charge in [-0.05, 0) is 30.2 Å². The van der Waals surface area contributed by atoms with Gasteiger partial charge in [-0.3, -0.25) is 0 Å². The monoisotopic (exact) mass is 295 g/mol. The van der Waals surface area contributed by atoms with E-state index < -0.39 is 0 Å². The zero-order valence-electron chi connectivity index (χ0n) is 12.0. The van der Waals surface area contributed by atoms with Gasteiger partial charge in [-0.25, -0.2) is 4.79 Å². The number of anilines is 1. The summed E-state index contributed by atoms with van der Waals surface area (Å²) in [7, 11) is 0. The Morgan fingerprint density at radius 1 is 1.14 bits per heavy atom. The van der Waals surface area contributed by atoms with Crippen LogP contribution >= 0.6 is 0 Å². The van der Waals surface area contributed by atoms with Gasteiger partial charge in [0.1, 0.15) is 5.75 Å². The summed E-state index contributed by atoms with van der Waals surface area (Å²) in [6, 6.07) is 14.3. The Morgan fingerprint density at radius 3 is 2.86 bits per heavy atom. The highest BCUT2D eigenvalue weighted by Crippen LogP contribution is 2.18. The van der Waals surface area contributed by atoms with Gasteiger partial charge in [0.25, 0.3) is 0 Å². The van der Waals surface area contributed by atoms with E-state index in [2.05, 4.69) is 21.7 Å². The molecule has 2 amide bonds. The fourth-order valence-corrected chi connectivity index (χ4v) is 2.41. The minimum absolute atomic E-state index is 0.122. The smallest absolute Gasteiger partial charge is 0.319 e. The molecule has 22 heavy (non-hydrogen) atoms. The van der Waals surface area contributed by atoms with Crippen LogP contribution in [0.25, 0.3) is 10.9 Å². The Labute approximate surface area is 128 Å². The molecule has 0 aliphatic carbocycles. The van der Waals surface area contributed by atoms with E-state index in [0.29, 0.717) is 12.2 Å². The van der Waals surface area contributed by atoms with Gasteiger partial charge >= 0.3 is 6.03 Å². The lowest BCUT2D eigenvalue weighted by Gasteiger charge is -2.07. The number of para-hydroxylation sites is 1. The number of amides is 2. The van der Waals surface area contributed by atoms with Gasteiger partial charge in [0.05, 0.1) is 0 Å². The molecule has 3 rings (SSSR count). The summed E-state index contributed by atoms with van der Waals surface area (Å²) in [6.07, 6.45) is 2.72. The van der Waals surface area contributed by atoms with Crippen molar-refractivity contribution in [1.29, 1.82) is 0 Å². The standard InChI is InChI=1S/C17H17N3O2/c21-14-5-3-4-13(10-14)20-17(22)18-9-8-12-11-19-16-7-2-1-6-15(12)16/h1-7,10-11,19,21H,8-9H2,(H2,18,20,22). The van der Waals surface area contributed by atoms with Crippen LogP contribution in [0.2, 0.25) is 0 Å². The molecule has 0 radical (unpaired) electrons. The molecule has 0 unspecified atom stereocenters. The van der Waals surface area contributed by atoms with Crippen molar-refractivity contribution in [1.82, 2.24) is 10.3 Å². The second-order valence-electron chi connectivity index (χ2n) is 5.04. The molecular weight excluding hydrogens is 278 g/mol. The van der Waals surface area contributed by atoms with Crippen LogP contribution < -0.4 is 10.6 Å². The molecule has 1 aromatic heterocycles. The largest absolute Gasteiger partial charge is 0.508 e. The Kier molecular flexibility index (Phi) is 3.96. The van der Waals surface area contributed by atoms with E-state index in [1.165, 1.54) is 17.0 Å². The van der Waals surface area contributed by atoms with Crippen molar-refractivity contribution in [2.24, 2.45) is 0 Å². The lowest BCUT2D eigenvalue weighted by molar-refractivity contribution is 0.252. The third kappa shape index (κ3) is 3.20. The topological polar surface area (TPSA) is 77.2 Å². The predicted octanol–water partition coefficient (Wildman–Crippen LogP) is 3.24. The molecule has 5 nitrogen and oxygen atoms in total. The highest BCUT2D eigenvalue weighted by molar-refractivity contribution is 5.89. The molecule has 0 aliphatic rings. The highest BCUT2D eigenvalue weighted by atomic mass is 16.3. The minimum atomic E-state index is -0.287. The molecule has 5 heteroatoms. The number of aromatic amines is 1. The molecule has 0 atom stereocenters. The Hall–Kier alpha value is -2.95. The van der Waals surface area contributed by atoms with Crippen molar-refractivity contribution in [2.75, 3.05) is 11.9 Å². The number of aromatic nitrogens is 1. The fraction of sp³-hybridized carbons (Fsp3) is 0.118. The molecule has 4 N–H and O–H groups in total. The second kappa shape index (κ2) is 6.22. The number of rotatable bonds is 4. The Balaban J connectivity index is 1.53. The van der Waals surface area contributed by atoms with Crippen molar-refractivity contribution < 1.29 is 9.90 Å². The molecule has 1 heterocycles. The third-order valence-electron chi connectivity index (χ3n) is 3.46. The first-order chi connectivity index (χ1) is 10.7. The number of carbonyl (C=O) groups is 1. The Bertz CT molecular complexity index is 795. The van der Waals surface area contributed by atoms with Crippen LogP contribution in [-0.2, 0) is 6.42 Å².